The maximum absolute atomic E-state index is 11.0. The first-order chi connectivity index (χ1) is 15.8. The number of aromatic carboxylic acids is 1. The highest BCUT2D eigenvalue weighted by Gasteiger charge is 2.30. The summed E-state index contributed by atoms with van der Waals surface area (Å²) < 4.78 is 4.30. The number of hydrogen-bond acceptors (Lipinski definition) is 8. The standard InChI is InChI=1S/C9H4O5.C9H16O4.C5H12O2/c10-7(11)4-1-2-5-6(3-4)9(13)14-8(5)12;10-8(11)6-4-2-1-3-5-7-9(12)13;1-5(2,3-6)4-7/h1-3H,(H,10,11);1-7H2,(H,10,11)(H,12,13);6-7H,3-4H2,1-2H3. The Labute approximate surface area is 197 Å². The maximum Gasteiger partial charge on any atom is 0.346 e. The molecule has 2 rings (SSSR count). The first kappa shape index (κ1) is 30.7. The van der Waals surface area contributed by atoms with Gasteiger partial charge in [-0.15, -0.1) is 0 Å². The summed E-state index contributed by atoms with van der Waals surface area (Å²) in [5.74, 6) is -4.20. The molecule has 0 aliphatic carbocycles. The van der Waals surface area contributed by atoms with Crippen molar-refractivity contribution < 1.29 is 54.2 Å². The van der Waals surface area contributed by atoms with E-state index in [2.05, 4.69) is 4.74 Å². The molecule has 1 aliphatic heterocycles. The number of esters is 2. The summed E-state index contributed by atoms with van der Waals surface area (Å²) in [6.07, 6.45) is 4.53. The van der Waals surface area contributed by atoms with Crippen LogP contribution in [0.3, 0.4) is 0 Å². The van der Waals surface area contributed by atoms with Gasteiger partial charge in [0.05, 0.1) is 29.9 Å². The number of rotatable bonds is 11. The van der Waals surface area contributed by atoms with E-state index in [-0.39, 0.29) is 48.2 Å². The second kappa shape index (κ2) is 15.5. The number of carbonyl (C=O) groups excluding carboxylic acids is 2. The van der Waals surface area contributed by atoms with E-state index in [1.165, 1.54) is 12.1 Å². The molecule has 0 radical (unpaired) electrons. The number of carboxylic acids is 3. The van der Waals surface area contributed by atoms with E-state index in [0.717, 1.165) is 25.3 Å². The predicted octanol–water partition coefficient (Wildman–Crippen LogP) is 2.58. The van der Waals surface area contributed by atoms with Gasteiger partial charge < -0.3 is 30.3 Å². The monoisotopic (exact) mass is 484 g/mol. The first-order valence-corrected chi connectivity index (χ1v) is 10.6. The highest BCUT2D eigenvalue weighted by atomic mass is 16.6. The number of aliphatic hydroxyl groups is 2. The Morgan fingerprint density at radius 1 is 0.765 bits per heavy atom. The molecule has 11 nitrogen and oxygen atoms in total. The molecular formula is C23H32O11. The number of benzene rings is 1. The Kier molecular flexibility index (Phi) is 14.0. The van der Waals surface area contributed by atoms with Crippen molar-refractivity contribution in [3.8, 4) is 0 Å². The van der Waals surface area contributed by atoms with Gasteiger partial charge in [-0.25, -0.2) is 14.4 Å². The molecule has 1 aliphatic rings. The predicted molar refractivity (Wildman–Crippen MR) is 119 cm³/mol. The van der Waals surface area contributed by atoms with Gasteiger partial charge in [-0.05, 0) is 31.0 Å². The Morgan fingerprint density at radius 3 is 1.59 bits per heavy atom. The van der Waals surface area contributed by atoms with Gasteiger partial charge in [-0.3, -0.25) is 9.59 Å². The average Bonchev–Trinajstić information content (AvgIpc) is 3.06. The van der Waals surface area contributed by atoms with Crippen LogP contribution in [-0.4, -0.2) is 68.6 Å². The van der Waals surface area contributed by atoms with Crippen molar-refractivity contribution in [1.29, 1.82) is 0 Å². The molecule has 1 heterocycles. The van der Waals surface area contributed by atoms with Crippen LogP contribution in [0.25, 0.3) is 0 Å². The zero-order valence-electron chi connectivity index (χ0n) is 19.3. The van der Waals surface area contributed by atoms with Crippen molar-refractivity contribution in [2.45, 2.75) is 58.8 Å². The molecule has 11 heteroatoms. The molecule has 0 bridgehead atoms. The average molecular weight is 484 g/mol. The summed E-state index contributed by atoms with van der Waals surface area (Å²) in [5.41, 5.74) is -0.231. The molecule has 0 aromatic heterocycles. The SMILES string of the molecule is CC(C)(CO)CO.O=C(O)CCCCCCCC(=O)O.O=C(O)c1ccc2c(c1)C(=O)OC2=O. The van der Waals surface area contributed by atoms with Gasteiger partial charge in [0.2, 0.25) is 0 Å². The molecule has 0 saturated carbocycles. The molecule has 0 atom stereocenters. The van der Waals surface area contributed by atoms with Crippen molar-refractivity contribution in [1.82, 2.24) is 0 Å². The first-order valence-electron chi connectivity index (χ1n) is 10.6. The van der Waals surface area contributed by atoms with Crippen LogP contribution in [0.2, 0.25) is 0 Å². The molecule has 0 saturated heterocycles. The number of cyclic esters (lactones) is 2. The molecule has 0 fully saturated rings. The largest absolute Gasteiger partial charge is 0.481 e. The van der Waals surface area contributed by atoms with Gasteiger partial charge in [0.25, 0.3) is 0 Å². The molecular weight excluding hydrogens is 452 g/mol. The third kappa shape index (κ3) is 12.7. The number of hydrogen-bond donors (Lipinski definition) is 5. The van der Waals surface area contributed by atoms with Crippen LogP contribution in [0, 0.1) is 5.41 Å². The number of carbonyl (C=O) groups is 5. The third-order valence-electron chi connectivity index (χ3n) is 4.53. The second-order valence-corrected chi connectivity index (χ2v) is 8.28. The van der Waals surface area contributed by atoms with Gasteiger partial charge in [-0.1, -0.05) is 33.1 Å². The summed E-state index contributed by atoms with van der Waals surface area (Å²) in [5, 5.41) is 42.1. The number of aliphatic carboxylic acids is 2. The van der Waals surface area contributed by atoms with Gasteiger partial charge in [0.1, 0.15) is 0 Å². The molecule has 5 N–H and O–H groups in total. The minimum absolute atomic E-state index is 0.00917. The molecule has 34 heavy (non-hydrogen) atoms. The molecule has 0 spiro atoms. The lowest BCUT2D eigenvalue weighted by molar-refractivity contribution is -0.138. The second-order valence-electron chi connectivity index (χ2n) is 8.28. The smallest absolute Gasteiger partial charge is 0.346 e. The van der Waals surface area contributed by atoms with Gasteiger partial charge >= 0.3 is 29.8 Å². The lowest BCUT2D eigenvalue weighted by atomic mass is 9.97. The van der Waals surface area contributed by atoms with Gasteiger partial charge in [0.15, 0.2) is 0 Å². The Bertz CT molecular complexity index is 834. The van der Waals surface area contributed by atoms with Crippen LogP contribution in [0.15, 0.2) is 18.2 Å². The fourth-order valence-corrected chi connectivity index (χ4v) is 2.35. The van der Waals surface area contributed by atoms with Crippen molar-refractivity contribution in [3.63, 3.8) is 0 Å². The van der Waals surface area contributed by atoms with E-state index < -0.39 is 29.8 Å². The normalized spacial score (nSPS) is 11.9. The summed E-state index contributed by atoms with van der Waals surface area (Å²) >= 11 is 0. The van der Waals surface area contributed by atoms with E-state index in [1.807, 2.05) is 0 Å². The lowest BCUT2D eigenvalue weighted by Crippen LogP contribution is -2.20. The van der Waals surface area contributed by atoms with E-state index in [4.69, 9.17) is 25.5 Å². The molecule has 0 unspecified atom stereocenters. The van der Waals surface area contributed by atoms with Crippen LogP contribution >= 0.6 is 0 Å². The van der Waals surface area contributed by atoms with Gasteiger partial charge in [0, 0.05) is 18.3 Å². The summed E-state index contributed by atoms with van der Waals surface area (Å²) in [6, 6.07) is 3.65. The van der Waals surface area contributed by atoms with Crippen molar-refractivity contribution in [2.75, 3.05) is 13.2 Å². The minimum atomic E-state index is -1.15. The maximum atomic E-state index is 11.0. The zero-order valence-corrected chi connectivity index (χ0v) is 19.3. The van der Waals surface area contributed by atoms with Gasteiger partial charge in [-0.2, -0.15) is 0 Å². The molecule has 1 aromatic carbocycles. The topological polar surface area (TPSA) is 196 Å². The Morgan fingerprint density at radius 2 is 1.21 bits per heavy atom. The summed E-state index contributed by atoms with van der Waals surface area (Å²) in [4.78, 5) is 52.7. The van der Waals surface area contributed by atoms with Crippen LogP contribution in [-0.2, 0) is 14.3 Å². The summed E-state index contributed by atoms with van der Waals surface area (Å²) in [7, 11) is 0. The Balaban J connectivity index is 0.000000509. The van der Waals surface area contributed by atoms with E-state index in [1.54, 1.807) is 13.8 Å². The number of carboxylic acid groups (broad SMARTS) is 3. The van der Waals surface area contributed by atoms with E-state index in [9.17, 15) is 24.0 Å². The third-order valence-corrected chi connectivity index (χ3v) is 4.53. The van der Waals surface area contributed by atoms with Crippen LogP contribution in [0.1, 0.15) is 89.9 Å². The molecule has 190 valence electrons. The zero-order chi connectivity index (χ0) is 26.3. The number of ether oxygens (including phenoxy) is 1. The quantitative estimate of drug-likeness (QED) is 0.176. The lowest BCUT2D eigenvalue weighted by Gasteiger charge is -2.16. The van der Waals surface area contributed by atoms with Crippen LogP contribution in [0.4, 0.5) is 0 Å². The van der Waals surface area contributed by atoms with Crippen molar-refractivity contribution in [2.24, 2.45) is 5.41 Å². The van der Waals surface area contributed by atoms with Crippen molar-refractivity contribution >= 4 is 29.8 Å². The molecule has 1 aromatic rings. The number of unbranched alkanes of at least 4 members (excludes halogenated alkanes) is 4. The fraction of sp³-hybridized carbons (Fsp3) is 0.522. The number of fused-ring (bicyclic) bond motifs is 1. The summed E-state index contributed by atoms with van der Waals surface area (Å²) in [6.45, 7) is 3.69. The van der Waals surface area contributed by atoms with Crippen molar-refractivity contribution in [3.05, 3.63) is 34.9 Å². The van der Waals surface area contributed by atoms with Crippen LogP contribution < -0.4 is 0 Å². The number of aliphatic hydroxyl groups excluding tert-OH is 2. The fourth-order valence-electron chi connectivity index (χ4n) is 2.35. The minimum Gasteiger partial charge on any atom is -0.481 e. The highest BCUT2D eigenvalue weighted by Crippen LogP contribution is 2.21. The highest BCUT2D eigenvalue weighted by molar-refractivity contribution is 6.15. The van der Waals surface area contributed by atoms with E-state index >= 15 is 0 Å². The molecule has 0 amide bonds. The van der Waals surface area contributed by atoms with E-state index in [0.29, 0.717) is 12.8 Å². The Hall–Kier alpha value is -3.31. The van der Waals surface area contributed by atoms with Crippen LogP contribution in [0.5, 0.6) is 0 Å².